The van der Waals surface area contributed by atoms with Crippen molar-refractivity contribution in [2.45, 2.75) is 32.2 Å². The highest BCUT2D eigenvalue weighted by atomic mass is 16.4. The molecule has 21 heavy (non-hydrogen) atoms. The minimum atomic E-state index is -0.801. The predicted octanol–water partition coefficient (Wildman–Crippen LogP) is 2.23. The molecule has 0 atom stereocenters. The minimum absolute atomic E-state index is 0.482. The fraction of sp³-hybridized carbons (Fsp3) is 0.588. The molecule has 0 amide bonds. The molecule has 3 rings (SSSR count). The molecule has 1 fully saturated rings. The Morgan fingerprint density at radius 3 is 2.57 bits per heavy atom. The Hall–Kier alpha value is -1.39. The average Bonchev–Trinajstić information content (AvgIpc) is 2.53. The second-order valence-electron chi connectivity index (χ2n) is 6.18. The largest absolute Gasteiger partial charge is 0.478 e. The first kappa shape index (κ1) is 14.5. The van der Waals surface area contributed by atoms with Crippen molar-refractivity contribution < 1.29 is 9.90 Å². The molecule has 0 unspecified atom stereocenters. The number of nitrogens with zero attached hydrogens (tertiary/aromatic N) is 2. The van der Waals surface area contributed by atoms with E-state index in [4.69, 9.17) is 0 Å². The first-order valence-electron chi connectivity index (χ1n) is 8.03. The molecular formula is C17H24N2O2. The van der Waals surface area contributed by atoms with E-state index in [1.54, 1.807) is 6.07 Å². The summed E-state index contributed by atoms with van der Waals surface area (Å²) >= 11 is 0. The standard InChI is InChI=1S/C17H24N2O2/c20-17(21)15-6-4-5-14-7-10-19(13-16(14)15)12-11-18-8-2-1-3-9-18/h4-6H,1-3,7-13H2,(H,20,21). The number of carboxylic acid groups (broad SMARTS) is 1. The van der Waals surface area contributed by atoms with Gasteiger partial charge in [-0.25, -0.2) is 4.79 Å². The second-order valence-corrected chi connectivity index (χ2v) is 6.18. The van der Waals surface area contributed by atoms with E-state index in [-0.39, 0.29) is 0 Å². The molecule has 4 heteroatoms. The maximum atomic E-state index is 11.4. The first-order chi connectivity index (χ1) is 10.2. The van der Waals surface area contributed by atoms with Crippen LogP contribution in [0, 0.1) is 0 Å². The van der Waals surface area contributed by atoms with E-state index < -0.39 is 5.97 Å². The summed E-state index contributed by atoms with van der Waals surface area (Å²) in [5, 5.41) is 9.33. The molecule has 0 saturated carbocycles. The van der Waals surface area contributed by atoms with E-state index in [1.807, 2.05) is 6.07 Å². The number of hydrogen-bond donors (Lipinski definition) is 1. The highest BCUT2D eigenvalue weighted by Crippen LogP contribution is 2.22. The monoisotopic (exact) mass is 288 g/mol. The van der Waals surface area contributed by atoms with Crippen molar-refractivity contribution in [3.63, 3.8) is 0 Å². The number of rotatable bonds is 4. The highest BCUT2D eigenvalue weighted by molar-refractivity contribution is 5.89. The summed E-state index contributed by atoms with van der Waals surface area (Å²) in [4.78, 5) is 16.3. The second kappa shape index (κ2) is 6.58. The van der Waals surface area contributed by atoms with Crippen molar-refractivity contribution in [3.05, 3.63) is 34.9 Å². The van der Waals surface area contributed by atoms with Crippen LogP contribution in [-0.4, -0.2) is 53.6 Å². The van der Waals surface area contributed by atoms with Crippen LogP contribution in [0.2, 0.25) is 0 Å². The quantitative estimate of drug-likeness (QED) is 0.922. The SMILES string of the molecule is O=C(O)c1cccc2c1CN(CCN1CCCCC1)CC2. The summed E-state index contributed by atoms with van der Waals surface area (Å²) in [5.41, 5.74) is 2.72. The molecule has 114 valence electrons. The van der Waals surface area contributed by atoms with Crippen LogP contribution in [0.3, 0.4) is 0 Å². The zero-order chi connectivity index (χ0) is 14.7. The van der Waals surface area contributed by atoms with Crippen LogP contribution in [0.4, 0.5) is 0 Å². The van der Waals surface area contributed by atoms with Crippen molar-refractivity contribution in [3.8, 4) is 0 Å². The Morgan fingerprint density at radius 1 is 1.05 bits per heavy atom. The van der Waals surface area contributed by atoms with E-state index in [0.29, 0.717) is 5.56 Å². The van der Waals surface area contributed by atoms with E-state index in [2.05, 4.69) is 15.9 Å². The molecule has 2 heterocycles. The van der Waals surface area contributed by atoms with Crippen LogP contribution in [0.25, 0.3) is 0 Å². The fourth-order valence-corrected chi connectivity index (χ4v) is 3.49. The summed E-state index contributed by atoms with van der Waals surface area (Å²) in [6.07, 6.45) is 4.99. The Kier molecular flexibility index (Phi) is 4.56. The Bertz CT molecular complexity index is 510. The topological polar surface area (TPSA) is 43.8 Å². The summed E-state index contributed by atoms with van der Waals surface area (Å²) in [7, 11) is 0. The van der Waals surface area contributed by atoms with Crippen molar-refractivity contribution in [1.29, 1.82) is 0 Å². The van der Waals surface area contributed by atoms with E-state index in [9.17, 15) is 9.90 Å². The van der Waals surface area contributed by atoms with Gasteiger partial charge in [-0.05, 0) is 49.5 Å². The lowest BCUT2D eigenvalue weighted by Gasteiger charge is -2.33. The lowest BCUT2D eigenvalue weighted by atomic mass is 9.95. The van der Waals surface area contributed by atoms with Gasteiger partial charge in [0.15, 0.2) is 0 Å². The third-order valence-corrected chi connectivity index (χ3v) is 4.76. The van der Waals surface area contributed by atoms with E-state index in [1.165, 1.54) is 37.9 Å². The van der Waals surface area contributed by atoms with Crippen LogP contribution < -0.4 is 0 Å². The lowest BCUT2D eigenvalue weighted by molar-refractivity contribution is 0.0693. The van der Waals surface area contributed by atoms with Gasteiger partial charge in [-0.3, -0.25) is 4.90 Å². The molecule has 1 aromatic carbocycles. The molecule has 0 spiro atoms. The number of likely N-dealkylation sites (tertiary alicyclic amines) is 1. The van der Waals surface area contributed by atoms with Gasteiger partial charge < -0.3 is 10.0 Å². The number of benzene rings is 1. The van der Waals surface area contributed by atoms with Crippen LogP contribution in [-0.2, 0) is 13.0 Å². The highest BCUT2D eigenvalue weighted by Gasteiger charge is 2.22. The van der Waals surface area contributed by atoms with Gasteiger partial charge in [0.1, 0.15) is 0 Å². The molecule has 0 bridgehead atoms. The summed E-state index contributed by atoms with van der Waals surface area (Å²) < 4.78 is 0. The van der Waals surface area contributed by atoms with Crippen LogP contribution in [0.15, 0.2) is 18.2 Å². The Morgan fingerprint density at radius 2 is 1.81 bits per heavy atom. The minimum Gasteiger partial charge on any atom is -0.478 e. The first-order valence-corrected chi connectivity index (χ1v) is 8.03. The van der Waals surface area contributed by atoms with Gasteiger partial charge in [-0.1, -0.05) is 18.6 Å². The third-order valence-electron chi connectivity index (χ3n) is 4.76. The van der Waals surface area contributed by atoms with E-state index in [0.717, 1.165) is 38.2 Å². The Balaban J connectivity index is 1.62. The van der Waals surface area contributed by atoms with Crippen LogP contribution in [0.1, 0.15) is 40.7 Å². The number of hydrogen-bond acceptors (Lipinski definition) is 3. The molecule has 0 radical (unpaired) electrons. The molecule has 0 aromatic heterocycles. The molecule has 2 aliphatic rings. The summed E-state index contributed by atoms with van der Waals surface area (Å²) in [6, 6.07) is 5.67. The average molecular weight is 288 g/mol. The zero-order valence-corrected chi connectivity index (χ0v) is 12.6. The number of carbonyl (C=O) groups is 1. The van der Waals surface area contributed by atoms with Gasteiger partial charge in [-0.15, -0.1) is 0 Å². The predicted molar refractivity (Wildman–Crippen MR) is 82.7 cm³/mol. The van der Waals surface area contributed by atoms with Crippen LogP contribution >= 0.6 is 0 Å². The normalized spacial score (nSPS) is 20.2. The molecule has 0 aliphatic carbocycles. The maximum Gasteiger partial charge on any atom is 0.336 e. The number of fused-ring (bicyclic) bond motifs is 1. The lowest BCUT2D eigenvalue weighted by Crippen LogP contribution is -2.40. The third kappa shape index (κ3) is 3.44. The molecule has 1 saturated heterocycles. The van der Waals surface area contributed by atoms with Gasteiger partial charge >= 0.3 is 5.97 Å². The molecule has 2 aliphatic heterocycles. The van der Waals surface area contributed by atoms with Crippen molar-refractivity contribution >= 4 is 5.97 Å². The smallest absolute Gasteiger partial charge is 0.336 e. The van der Waals surface area contributed by atoms with Crippen molar-refractivity contribution in [1.82, 2.24) is 9.80 Å². The van der Waals surface area contributed by atoms with Crippen molar-refractivity contribution in [2.75, 3.05) is 32.7 Å². The van der Waals surface area contributed by atoms with Crippen LogP contribution in [0.5, 0.6) is 0 Å². The van der Waals surface area contributed by atoms with E-state index >= 15 is 0 Å². The molecular weight excluding hydrogens is 264 g/mol. The number of piperidine rings is 1. The molecule has 1 aromatic rings. The Labute approximate surface area is 126 Å². The van der Waals surface area contributed by atoms with Gasteiger partial charge in [-0.2, -0.15) is 0 Å². The maximum absolute atomic E-state index is 11.4. The molecule has 4 nitrogen and oxygen atoms in total. The van der Waals surface area contributed by atoms with Gasteiger partial charge in [0.2, 0.25) is 0 Å². The van der Waals surface area contributed by atoms with Gasteiger partial charge in [0, 0.05) is 26.2 Å². The zero-order valence-electron chi connectivity index (χ0n) is 12.6. The number of carboxylic acids is 1. The molecule has 1 N–H and O–H groups in total. The van der Waals surface area contributed by atoms with Crippen molar-refractivity contribution in [2.24, 2.45) is 0 Å². The van der Waals surface area contributed by atoms with Gasteiger partial charge in [0.25, 0.3) is 0 Å². The summed E-state index contributed by atoms with van der Waals surface area (Å²) in [6.45, 7) is 6.45. The number of aromatic carboxylic acids is 1. The van der Waals surface area contributed by atoms with Gasteiger partial charge in [0.05, 0.1) is 5.56 Å². The fourth-order valence-electron chi connectivity index (χ4n) is 3.49. The summed E-state index contributed by atoms with van der Waals surface area (Å²) in [5.74, 6) is -0.801.